The van der Waals surface area contributed by atoms with Crippen molar-refractivity contribution < 1.29 is 19.4 Å². The first-order chi connectivity index (χ1) is 10.1. The van der Waals surface area contributed by atoms with Gasteiger partial charge in [0.1, 0.15) is 13.2 Å². The number of carboxylic acids is 1. The van der Waals surface area contributed by atoms with Gasteiger partial charge in [-0.15, -0.1) is 0 Å². The van der Waals surface area contributed by atoms with Gasteiger partial charge in [0.2, 0.25) is 0 Å². The van der Waals surface area contributed by atoms with Crippen molar-refractivity contribution >= 4 is 11.5 Å². The fourth-order valence-corrected chi connectivity index (χ4v) is 1.97. The van der Waals surface area contributed by atoms with Gasteiger partial charge in [-0.25, -0.2) is 4.79 Å². The van der Waals surface area contributed by atoms with E-state index in [4.69, 9.17) is 14.6 Å². The summed E-state index contributed by atoms with van der Waals surface area (Å²) in [5.74, 6) is 0.593. The second-order valence-corrected chi connectivity index (χ2v) is 4.79. The highest BCUT2D eigenvalue weighted by atomic mass is 16.6. The lowest BCUT2D eigenvalue weighted by Crippen LogP contribution is -2.15. The molecule has 0 aliphatic carbocycles. The number of ether oxygens (including phenoxy) is 2. The summed E-state index contributed by atoms with van der Waals surface area (Å²) in [4.78, 5) is 10.5. The van der Waals surface area contributed by atoms with Crippen molar-refractivity contribution in [2.45, 2.75) is 13.8 Å². The van der Waals surface area contributed by atoms with E-state index < -0.39 is 5.97 Å². The Kier molecular flexibility index (Phi) is 4.82. The van der Waals surface area contributed by atoms with Gasteiger partial charge in [0.25, 0.3) is 0 Å². The molecule has 0 amide bonds. The Bertz CT molecular complexity index is 624. The number of hydrogen-bond acceptors (Lipinski definition) is 3. The summed E-state index contributed by atoms with van der Waals surface area (Å²) < 4.78 is 11.0. The van der Waals surface area contributed by atoms with E-state index in [1.165, 1.54) is 6.08 Å². The standard InChI is InChI=1S/C17H18O4/c1-12(10-17(18)19)4-3-5-13(2)14-6-7-15-16(11-14)21-9-8-20-15/h3-7,10-11H,8-9H2,1-2H3,(H,18,19). The largest absolute Gasteiger partial charge is 0.486 e. The molecular formula is C17H18O4. The van der Waals surface area contributed by atoms with Crippen molar-refractivity contribution in [1.29, 1.82) is 0 Å². The van der Waals surface area contributed by atoms with E-state index in [2.05, 4.69) is 0 Å². The van der Waals surface area contributed by atoms with Crippen LogP contribution in [-0.2, 0) is 4.79 Å². The van der Waals surface area contributed by atoms with Gasteiger partial charge in [0.05, 0.1) is 0 Å². The summed E-state index contributed by atoms with van der Waals surface area (Å²) in [6, 6.07) is 5.84. The number of carbonyl (C=O) groups is 1. The molecule has 110 valence electrons. The molecule has 4 nitrogen and oxygen atoms in total. The van der Waals surface area contributed by atoms with E-state index in [0.29, 0.717) is 18.8 Å². The number of rotatable bonds is 4. The molecular weight excluding hydrogens is 268 g/mol. The van der Waals surface area contributed by atoms with Crippen molar-refractivity contribution in [3.63, 3.8) is 0 Å². The molecule has 0 atom stereocenters. The second kappa shape index (κ2) is 6.79. The van der Waals surface area contributed by atoms with Gasteiger partial charge in [0, 0.05) is 6.08 Å². The summed E-state index contributed by atoms with van der Waals surface area (Å²) in [5, 5.41) is 8.63. The van der Waals surface area contributed by atoms with Gasteiger partial charge in [-0.1, -0.05) is 24.3 Å². The first-order valence-electron chi connectivity index (χ1n) is 6.72. The summed E-state index contributed by atoms with van der Waals surface area (Å²) in [5.41, 5.74) is 2.80. The Morgan fingerprint density at radius 3 is 2.62 bits per heavy atom. The molecule has 1 heterocycles. The first kappa shape index (κ1) is 14.9. The van der Waals surface area contributed by atoms with E-state index in [1.807, 2.05) is 37.3 Å². The number of benzene rings is 1. The van der Waals surface area contributed by atoms with Gasteiger partial charge in [-0.05, 0) is 42.7 Å². The van der Waals surface area contributed by atoms with Crippen LogP contribution in [0.4, 0.5) is 0 Å². The van der Waals surface area contributed by atoms with Crippen LogP contribution in [0.5, 0.6) is 11.5 Å². The van der Waals surface area contributed by atoms with Crippen molar-refractivity contribution in [1.82, 2.24) is 0 Å². The van der Waals surface area contributed by atoms with Gasteiger partial charge in [-0.2, -0.15) is 0 Å². The van der Waals surface area contributed by atoms with Crippen LogP contribution >= 0.6 is 0 Å². The maximum absolute atomic E-state index is 10.5. The van der Waals surface area contributed by atoms with Crippen molar-refractivity contribution in [2.24, 2.45) is 0 Å². The molecule has 1 aliphatic rings. The van der Waals surface area contributed by atoms with Crippen molar-refractivity contribution in [2.75, 3.05) is 13.2 Å². The third-order valence-corrected chi connectivity index (χ3v) is 3.05. The predicted octanol–water partition coefficient (Wildman–Crippen LogP) is 3.45. The number of hydrogen-bond donors (Lipinski definition) is 1. The highest BCUT2D eigenvalue weighted by Gasteiger charge is 2.11. The fraction of sp³-hybridized carbons (Fsp3) is 0.235. The molecule has 21 heavy (non-hydrogen) atoms. The third kappa shape index (κ3) is 4.24. The zero-order chi connectivity index (χ0) is 15.2. The Labute approximate surface area is 124 Å². The summed E-state index contributed by atoms with van der Waals surface area (Å²) >= 11 is 0. The molecule has 0 unspecified atom stereocenters. The molecule has 0 spiro atoms. The van der Waals surface area contributed by atoms with Gasteiger partial charge in [0.15, 0.2) is 11.5 Å². The molecule has 1 aromatic rings. The van der Waals surface area contributed by atoms with Crippen LogP contribution in [0.2, 0.25) is 0 Å². The fourth-order valence-electron chi connectivity index (χ4n) is 1.97. The number of carboxylic acid groups (broad SMARTS) is 1. The lowest BCUT2D eigenvalue weighted by molar-refractivity contribution is -0.131. The van der Waals surface area contributed by atoms with E-state index >= 15 is 0 Å². The normalized spacial score (nSPS) is 15.3. The molecule has 0 bridgehead atoms. The molecule has 0 saturated carbocycles. The van der Waals surface area contributed by atoms with Gasteiger partial charge >= 0.3 is 5.97 Å². The molecule has 0 aromatic heterocycles. The minimum absolute atomic E-state index is 0.568. The average molecular weight is 286 g/mol. The van der Waals surface area contributed by atoms with Crippen LogP contribution in [0.1, 0.15) is 19.4 Å². The molecule has 1 aliphatic heterocycles. The first-order valence-corrected chi connectivity index (χ1v) is 6.72. The average Bonchev–Trinajstić information content (AvgIpc) is 2.45. The van der Waals surface area contributed by atoms with Gasteiger partial charge in [-0.3, -0.25) is 0 Å². The topological polar surface area (TPSA) is 55.8 Å². The Morgan fingerprint density at radius 1 is 1.19 bits per heavy atom. The maximum atomic E-state index is 10.5. The minimum Gasteiger partial charge on any atom is -0.486 e. The minimum atomic E-state index is -0.940. The zero-order valence-corrected chi connectivity index (χ0v) is 12.1. The van der Waals surface area contributed by atoms with Crippen LogP contribution < -0.4 is 9.47 Å². The number of allylic oxidation sites excluding steroid dienone is 5. The molecule has 0 radical (unpaired) electrons. The lowest BCUT2D eigenvalue weighted by Gasteiger charge is -2.18. The Hall–Kier alpha value is -2.49. The highest BCUT2D eigenvalue weighted by Crippen LogP contribution is 2.32. The number of fused-ring (bicyclic) bond motifs is 1. The number of aliphatic carboxylic acids is 1. The summed E-state index contributed by atoms with van der Waals surface area (Å²) in [6.45, 7) is 4.89. The van der Waals surface area contributed by atoms with Crippen LogP contribution in [0.15, 0.2) is 48.1 Å². The van der Waals surface area contributed by atoms with E-state index in [1.54, 1.807) is 13.0 Å². The molecule has 2 rings (SSSR count). The second-order valence-electron chi connectivity index (χ2n) is 4.79. The third-order valence-electron chi connectivity index (χ3n) is 3.05. The molecule has 0 fully saturated rings. The SMILES string of the molecule is CC(C=CC=C(C)c1ccc2c(c1)OCCO2)=CC(=O)O. The van der Waals surface area contributed by atoms with Crippen molar-refractivity contribution in [3.05, 3.63) is 53.6 Å². The van der Waals surface area contributed by atoms with Crippen LogP contribution in [0.3, 0.4) is 0 Å². The van der Waals surface area contributed by atoms with Crippen LogP contribution in [0, 0.1) is 0 Å². The lowest BCUT2D eigenvalue weighted by atomic mass is 10.1. The molecule has 1 N–H and O–H groups in total. The monoisotopic (exact) mass is 286 g/mol. The predicted molar refractivity (Wildman–Crippen MR) is 81.6 cm³/mol. The maximum Gasteiger partial charge on any atom is 0.328 e. The Balaban J connectivity index is 2.12. The molecule has 1 aromatic carbocycles. The highest BCUT2D eigenvalue weighted by molar-refractivity contribution is 5.81. The van der Waals surface area contributed by atoms with Crippen LogP contribution in [-0.4, -0.2) is 24.3 Å². The van der Waals surface area contributed by atoms with E-state index in [9.17, 15) is 4.79 Å². The molecule has 0 saturated heterocycles. The summed E-state index contributed by atoms with van der Waals surface area (Å²) in [6.07, 6.45) is 6.70. The van der Waals surface area contributed by atoms with E-state index in [-0.39, 0.29) is 0 Å². The summed E-state index contributed by atoms with van der Waals surface area (Å²) in [7, 11) is 0. The Morgan fingerprint density at radius 2 is 1.90 bits per heavy atom. The molecule has 4 heteroatoms. The van der Waals surface area contributed by atoms with E-state index in [0.717, 1.165) is 22.6 Å². The quantitative estimate of drug-likeness (QED) is 0.680. The van der Waals surface area contributed by atoms with Crippen LogP contribution in [0.25, 0.3) is 5.57 Å². The smallest absolute Gasteiger partial charge is 0.328 e. The van der Waals surface area contributed by atoms with Gasteiger partial charge < -0.3 is 14.6 Å². The zero-order valence-electron chi connectivity index (χ0n) is 12.1. The van der Waals surface area contributed by atoms with Crippen molar-refractivity contribution in [3.8, 4) is 11.5 Å².